The lowest BCUT2D eigenvalue weighted by Gasteiger charge is -2.28. The Morgan fingerprint density at radius 3 is 2.73 bits per heavy atom. The van der Waals surface area contributed by atoms with Gasteiger partial charge in [-0.25, -0.2) is 8.42 Å². The van der Waals surface area contributed by atoms with Gasteiger partial charge < -0.3 is 10.6 Å². The van der Waals surface area contributed by atoms with Gasteiger partial charge in [-0.1, -0.05) is 6.92 Å². The minimum atomic E-state index is -2.82. The van der Waals surface area contributed by atoms with Gasteiger partial charge in [0.25, 0.3) is 0 Å². The summed E-state index contributed by atoms with van der Waals surface area (Å²) in [6.45, 7) is 6.80. The Hall–Kier alpha value is -0.660. The Morgan fingerprint density at radius 1 is 1.36 bits per heavy atom. The molecule has 128 valence electrons. The molecule has 6 nitrogen and oxygen atoms in total. The highest BCUT2D eigenvalue weighted by Gasteiger charge is 2.23. The number of rotatable bonds is 6. The Labute approximate surface area is 133 Å². The minimum Gasteiger partial charge on any atom is -0.355 e. The predicted octanol–water partition coefficient (Wildman–Crippen LogP) is -0.141. The molecule has 0 aromatic carbocycles. The van der Waals surface area contributed by atoms with E-state index in [0.717, 1.165) is 19.6 Å². The van der Waals surface area contributed by atoms with Crippen LogP contribution >= 0.6 is 0 Å². The van der Waals surface area contributed by atoms with Gasteiger partial charge in [0, 0.05) is 32.6 Å². The summed E-state index contributed by atoms with van der Waals surface area (Å²) in [5.74, 6) is 1.61. The quantitative estimate of drug-likeness (QED) is 0.708. The first-order valence-corrected chi connectivity index (χ1v) is 10.2. The lowest BCUT2D eigenvalue weighted by Crippen LogP contribution is -2.44. The number of hydrogen-bond acceptors (Lipinski definition) is 5. The van der Waals surface area contributed by atoms with Gasteiger partial charge in [-0.05, 0) is 37.8 Å². The summed E-state index contributed by atoms with van der Waals surface area (Å²) in [6, 6.07) is 0. The monoisotopic (exact) mass is 331 g/mol. The van der Waals surface area contributed by atoms with E-state index in [9.17, 15) is 13.2 Å². The van der Waals surface area contributed by atoms with E-state index in [-0.39, 0.29) is 17.4 Å². The van der Waals surface area contributed by atoms with Crippen LogP contribution in [0.2, 0.25) is 0 Å². The number of nitrogens with zero attached hydrogens (tertiary/aromatic N) is 1. The highest BCUT2D eigenvalue weighted by Crippen LogP contribution is 2.22. The molecule has 2 saturated heterocycles. The zero-order valence-electron chi connectivity index (χ0n) is 13.5. The third kappa shape index (κ3) is 5.85. The maximum atomic E-state index is 12.0. The van der Waals surface area contributed by atoms with E-state index in [4.69, 9.17) is 0 Å². The second kappa shape index (κ2) is 8.26. The highest BCUT2D eigenvalue weighted by atomic mass is 32.2. The van der Waals surface area contributed by atoms with Gasteiger partial charge in [0.2, 0.25) is 5.91 Å². The summed E-state index contributed by atoms with van der Waals surface area (Å²) >= 11 is 0. The molecular formula is C15H29N3O3S. The van der Waals surface area contributed by atoms with Crippen molar-refractivity contribution >= 4 is 15.7 Å². The second-order valence-corrected chi connectivity index (χ2v) is 8.93. The van der Waals surface area contributed by atoms with Crippen molar-refractivity contribution in [1.82, 2.24) is 15.5 Å². The molecule has 0 spiro atoms. The zero-order valence-corrected chi connectivity index (χ0v) is 14.3. The molecular weight excluding hydrogens is 302 g/mol. The summed E-state index contributed by atoms with van der Waals surface area (Å²) in [7, 11) is -2.82. The lowest BCUT2D eigenvalue weighted by molar-refractivity contribution is -0.122. The third-order valence-electron chi connectivity index (χ3n) is 4.83. The van der Waals surface area contributed by atoms with Crippen molar-refractivity contribution in [3.63, 3.8) is 0 Å². The fraction of sp³-hybridized carbons (Fsp3) is 0.933. The minimum absolute atomic E-state index is 0.114. The second-order valence-electron chi connectivity index (χ2n) is 6.63. The van der Waals surface area contributed by atoms with Crippen LogP contribution in [0.1, 0.15) is 26.2 Å². The third-order valence-corrected chi connectivity index (χ3v) is 6.44. The van der Waals surface area contributed by atoms with Gasteiger partial charge in [0.05, 0.1) is 11.5 Å². The van der Waals surface area contributed by atoms with Crippen LogP contribution in [0.15, 0.2) is 0 Å². The molecule has 0 aliphatic carbocycles. The topological polar surface area (TPSA) is 78.5 Å². The molecule has 0 aromatic heterocycles. The van der Waals surface area contributed by atoms with Gasteiger partial charge in [0.1, 0.15) is 0 Å². The molecule has 1 amide bonds. The first kappa shape index (κ1) is 17.7. The molecule has 7 heteroatoms. The summed E-state index contributed by atoms with van der Waals surface area (Å²) in [6.07, 6.45) is 3.00. The standard InChI is InChI=1S/C15H29N3O3S/c1-13(14-3-2-4-16-12-14)11-15(19)17-5-6-18-7-9-22(20,21)10-8-18/h13-14,16H,2-12H2,1H3,(H,17,19). The first-order valence-electron chi connectivity index (χ1n) is 8.36. The summed E-state index contributed by atoms with van der Waals surface area (Å²) < 4.78 is 22.7. The van der Waals surface area contributed by atoms with Gasteiger partial charge in [-0.15, -0.1) is 0 Å². The molecule has 22 heavy (non-hydrogen) atoms. The molecule has 2 atom stereocenters. The Kier molecular flexibility index (Phi) is 6.65. The maximum Gasteiger partial charge on any atom is 0.220 e. The lowest BCUT2D eigenvalue weighted by atomic mass is 9.85. The molecule has 0 saturated carbocycles. The Morgan fingerprint density at radius 2 is 2.09 bits per heavy atom. The predicted molar refractivity (Wildman–Crippen MR) is 87.5 cm³/mol. The van der Waals surface area contributed by atoms with Crippen LogP contribution in [-0.4, -0.2) is 70.0 Å². The van der Waals surface area contributed by atoms with Crippen molar-refractivity contribution in [2.45, 2.75) is 26.2 Å². The van der Waals surface area contributed by atoms with Gasteiger partial charge >= 0.3 is 0 Å². The normalized spacial score (nSPS) is 27.2. The maximum absolute atomic E-state index is 12.0. The van der Waals surface area contributed by atoms with E-state index in [0.29, 0.717) is 37.9 Å². The Bertz CT molecular complexity index is 447. The van der Waals surface area contributed by atoms with Crippen LogP contribution in [-0.2, 0) is 14.6 Å². The van der Waals surface area contributed by atoms with E-state index in [2.05, 4.69) is 22.5 Å². The number of piperidine rings is 1. The number of amides is 1. The molecule has 2 fully saturated rings. The van der Waals surface area contributed by atoms with Crippen molar-refractivity contribution in [3.8, 4) is 0 Å². The molecule has 2 aliphatic heterocycles. The fourth-order valence-electron chi connectivity index (χ4n) is 3.22. The average Bonchev–Trinajstić information content (AvgIpc) is 2.50. The van der Waals surface area contributed by atoms with Crippen molar-refractivity contribution in [1.29, 1.82) is 0 Å². The summed E-state index contributed by atoms with van der Waals surface area (Å²) in [4.78, 5) is 14.1. The SMILES string of the molecule is CC(CC(=O)NCCN1CCS(=O)(=O)CC1)C1CCCNC1. The number of sulfone groups is 1. The summed E-state index contributed by atoms with van der Waals surface area (Å²) in [5, 5.41) is 6.36. The molecule has 2 rings (SSSR count). The van der Waals surface area contributed by atoms with Crippen molar-refractivity contribution < 1.29 is 13.2 Å². The van der Waals surface area contributed by atoms with Crippen LogP contribution in [0.4, 0.5) is 0 Å². The van der Waals surface area contributed by atoms with Crippen molar-refractivity contribution in [2.24, 2.45) is 11.8 Å². The summed E-state index contributed by atoms with van der Waals surface area (Å²) in [5.41, 5.74) is 0. The van der Waals surface area contributed by atoms with E-state index in [1.54, 1.807) is 0 Å². The van der Waals surface area contributed by atoms with E-state index in [1.165, 1.54) is 12.8 Å². The Balaban J connectivity index is 1.59. The van der Waals surface area contributed by atoms with Gasteiger partial charge in [-0.3, -0.25) is 9.69 Å². The number of hydrogen-bond donors (Lipinski definition) is 2. The van der Waals surface area contributed by atoms with Crippen molar-refractivity contribution in [3.05, 3.63) is 0 Å². The van der Waals surface area contributed by atoms with E-state index in [1.807, 2.05) is 0 Å². The first-order chi connectivity index (χ1) is 10.5. The molecule has 0 aromatic rings. The fourth-order valence-corrected chi connectivity index (χ4v) is 4.50. The van der Waals surface area contributed by atoms with E-state index < -0.39 is 9.84 Å². The molecule has 0 bridgehead atoms. The largest absolute Gasteiger partial charge is 0.355 e. The molecule has 2 heterocycles. The molecule has 2 unspecified atom stereocenters. The van der Waals surface area contributed by atoms with Crippen LogP contribution in [0.25, 0.3) is 0 Å². The van der Waals surface area contributed by atoms with Crippen LogP contribution in [0.5, 0.6) is 0 Å². The van der Waals surface area contributed by atoms with Crippen LogP contribution in [0, 0.1) is 11.8 Å². The zero-order chi connectivity index (χ0) is 16.0. The van der Waals surface area contributed by atoms with Crippen LogP contribution < -0.4 is 10.6 Å². The van der Waals surface area contributed by atoms with Gasteiger partial charge in [-0.2, -0.15) is 0 Å². The number of carbonyl (C=O) groups excluding carboxylic acids is 1. The van der Waals surface area contributed by atoms with Gasteiger partial charge in [0.15, 0.2) is 9.84 Å². The average molecular weight is 331 g/mol. The smallest absolute Gasteiger partial charge is 0.220 e. The van der Waals surface area contributed by atoms with E-state index >= 15 is 0 Å². The highest BCUT2D eigenvalue weighted by molar-refractivity contribution is 7.91. The molecule has 2 N–H and O–H groups in total. The van der Waals surface area contributed by atoms with Crippen LogP contribution in [0.3, 0.4) is 0 Å². The molecule has 0 radical (unpaired) electrons. The number of nitrogens with one attached hydrogen (secondary N) is 2. The molecule has 2 aliphatic rings. The van der Waals surface area contributed by atoms with Crippen molar-refractivity contribution in [2.75, 3.05) is 50.8 Å². The number of carbonyl (C=O) groups is 1.